The lowest BCUT2D eigenvalue weighted by atomic mass is 10.0. The Balaban J connectivity index is 1.38. The van der Waals surface area contributed by atoms with E-state index in [-0.39, 0.29) is 0 Å². The maximum Gasteiger partial charge on any atom is 0.159 e. The summed E-state index contributed by atoms with van der Waals surface area (Å²) >= 11 is 0. The Bertz CT molecular complexity index is 1090. The van der Waals surface area contributed by atoms with E-state index in [4.69, 9.17) is 4.98 Å². The van der Waals surface area contributed by atoms with Crippen LogP contribution in [0.2, 0.25) is 0 Å². The molecule has 4 nitrogen and oxygen atoms in total. The van der Waals surface area contributed by atoms with Gasteiger partial charge in [-0.15, -0.1) is 0 Å². The molecule has 1 aliphatic heterocycles. The predicted octanol–water partition coefficient (Wildman–Crippen LogP) is 4.25. The minimum Gasteiger partial charge on any atom is -0.294 e. The Hall–Kier alpha value is -3.11. The van der Waals surface area contributed by atoms with Gasteiger partial charge in [-0.25, -0.2) is 9.97 Å². The first kappa shape index (κ1) is 16.1. The number of aromatic nitrogens is 3. The lowest BCUT2D eigenvalue weighted by Crippen LogP contribution is -2.31. The summed E-state index contributed by atoms with van der Waals surface area (Å²) in [6, 6.07) is 20.7. The van der Waals surface area contributed by atoms with Crippen LogP contribution in [0.15, 0.2) is 73.1 Å². The number of pyridine rings is 1. The normalized spacial score (nSPS) is 14.2. The molecule has 0 unspecified atom stereocenters. The van der Waals surface area contributed by atoms with Crippen LogP contribution in [0.4, 0.5) is 0 Å². The molecule has 5 rings (SSSR count). The first-order valence-corrected chi connectivity index (χ1v) is 9.32. The third-order valence-electron chi connectivity index (χ3n) is 5.18. The monoisotopic (exact) mass is 352 g/mol. The molecule has 3 heterocycles. The fourth-order valence-electron chi connectivity index (χ4n) is 3.77. The van der Waals surface area contributed by atoms with Crippen LogP contribution >= 0.6 is 0 Å². The van der Waals surface area contributed by atoms with Crippen molar-refractivity contribution in [1.29, 1.82) is 0 Å². The van der Waals surface area contributed by atoms with Gasteiger partial charge in [0.1, 0.15) is 0 Å². The van der Waals surface area contributed by atoms with Crippen molar-refractivity contribution < 1.29 is 0 Å². The smallest absolute Gasteiger partial charge is 0.159 e. The molecule has 0 N–H and O–H groups in total. The highest BCUT2D eigenvalue weighted by molar-refractivity contribution is 5.81. The second-order valence-corrected chi connectivity index (χ2v) is 6.98. The number of benzene rings is 2. The minimum absolute atomic E-state index is 0.822. The van der Waals surface area contributed by atoms with Crippen LogP contribution in [0.1, 0.15) is 16.8 Å². The van der Waals surface area contributed by atoms with Crippen molar-refractivity contribution in [3.63, 3.8) is 0 Å². The molecule has 0 saturated carbocycles. The average molecular weight is 352 g/mol. The molecular weight excluding hydrogens is 332 g/mol. The van der Waals surface area contributed by atoms with E-state index in [1.54, 1.807) is 0 Å². The molecule has 4 aromatic rings. The van der Waals surface area contributed by atoms with Gasteiger partial charge in [-0.2, -0.15) is 0 Å². The van der Waals surface area contributed by atoms with E-state index in [0.29, 0.717) is 0 Å². The molecule has 0 atom stereocenters. The predicted molar refractivity (Wildman–Crippen MR) is 107 cm³/mol. The molecule has 4 heteroatoms. The van der Waals surface area contributed by atoms with Gasteiger partial charge in [-0.1, -0.05) is 48.5 Å². The zero-order valence-electron chi connectivity index (χ0n) is 15.0. The van der Waals surface area contributed by atoms with Gasteiger partial charge in [-0.05, 0) is 17.7 Å². The molecule has 1 aliphatic rings. The zero-order valence-corrected chi connectivity index (χ0v) is 15.0. The van der Waals surface area contributed by atoms with Crippen LogP contribution in [0, 0.1) is 0 Å². The van der Waals surface area contributed by atoms with Crippen molar-refractivity contribution in [1.82, 2.24) is 19.9 Å². The number of hydrogen-bond acceptors (Lipinski definition) is 4. The van der Waals surface area contributed by atoms with E-state index in [0.717, 1.165) is 43.0 Å². The van der Waals surface area contributed by atoms with Crippen molar-refractivity contribution in [2.45, 2.75) is 19.5 Å². The van der Waals surface area contributed by atoms with Crippen LogP contribution < -0.4 is 0 Å². The van der Waals surface area contributed by atoms with Gasteiger partial charge in [0.05, 0.1) is 11.2 Å². The largest absolute Gasteiger partial charge is 0.294 e. The summed E-state index contributed by atoms with van der Waals surface area (Å²) in [6.07, 6.45) is 4.87. The molecule has 0 spiro atoms. The quantitative estimate of drug-likeness (QED) is 0.553. The number of rotatable bonds is 3. The maximum absolute atomic E-state index is 4.83. The van der Waals surface area contributed by atoms with Gasteiger partial charge < -0.3 is 0 Å². The lowest BCUT2D eigenvalue weighted by Gasteiger charge is -2.28. The third-order valence-corrected chi connectivity index (χ3v) is 5.18. The topological polar surface area (TPSA) is 41.9 Å². The number of para-hydroxylation sites is 1. The second-order valence-electron chi connectivity index (χ2n) is 6.98. The van der Waals surface area contributed by atoms with Crippen molar-refractivity contribution >= 4 is 10.9 Å². The molecule has 0 amide bonds. The van der Waals surface area contributed by atoms with E-state index in [1.807, 2.05) is 36.7 Å². The fraction of sp³-hybridized carbons (Fsp3) is 0.174. The third kappa shape index (κ3) is 3.20. The molecule has 132 valence electrons. The van der Waals surface area contributed by atoms with Crippen molar-refractivity contribution in [2.75, 3.05) is 6.54 Å². The number of hydrogen-bond donors (Lipinski definition) is 0. The molecule has 0 bridgehead atoms. The summed E-state index contributed by atoms with van der Waals surface area (Å²) < 4.78 is 0. The van der Waals surface area contributed by atoms with Gasteiger partial charge in [0.25, 0.3) is 0 Å². The van der Waals surface area contributed by atoms with Gasteiger partial charge in [-0.3, -0.25) is 9.88 Å². The molecule has 2 aromatic heterocycles. The fourth-order valence-corrected chi connectivity index (χ4v) is 3.77. The Morgan fingerprint density at radius 3 is 2.67 bits per heavy atom. The van der Waals surface area contributed by atoms with Gasteiger partial charge in [0.15, 0.2) is 5.82 Å². The molecule has 27 heavy (non-hydrogen) atoms. The van der Waals surface area contributed by atoms with Crippen LogP contribution in [0.25, 0.3) is 22.3 Å². The Kier molecular flexibility index (Phi) is 4.11. The Morgan fingerprint density at radius 2 is 1.74 bits per heavy atom. The van der Waals surface area contributed by atoms with Crippen LogP contribution in [0.5, 0.6) is 0 Å². The van der Waals surface area contributed by atoms with Crippen LogP contribution in [-0.2, 0) is 19.5 Å². The highest BCUT2D eigenvalue weighted by Crippen LogP contribution is 2.24. The van der Waals surface area contributed by atoms with E-state index in [1.165, 1.54) is 22.2 Å². The summed E-state index contributed by atoms with van der Waals surface area (Å²) in [4.78, 5) is 16.4. The minimum atomic E-state index is 0.822. The molecule has 0 saturated heterocycles. The van der Waals surface area contributed by atoms with E-state index >= 15 is 0 Å². The Morgan fingerprint density at radius 1 is 0.889 bits per heavy atom. The summed E-state index contributed by atoms with van der Waals surface area (Å²) in [7, 11) is 0. The second kappa shape index (κ2) is 6.89. The van der Waals surface area contributed by atoms with Crippen LogP contribution in [-0.4, -0.2) is 26.4 Å². The molecule has 0 fully saturated rings. The van der Waals surface area contributed by atoms with Gasteiger partial charge in [0.2, 0.25) is 0 Å². The lowest BCUT2D eigenvalue weighted by molar-refractivity contribution is 0.244. The first-order valence-electron chi connectivity index (χ1n) is 9.32. The van der Waals surface area contributed by atoms with E-state index in [2.05, 4.69) is 51.3 Å². The van der Waals surface area contributed by atoms with E-state index in [9.17, 15) is 0 Å². The van der Waals surface area contributed by atoms with Gasteiger partial charge >= 0.3 is 0 Å². The summed E-state index contributed by atoms with van der Waals surface area (Å²) in [5.41, 5.74) is 5.87. The highest BCUT2D eigenvalue weighted by Gasteiger charge is 2.19. The first-order chi connectivity index (χ1) is 13.4. The summed E-state index contributed by atoms with van der Waals surface area (Å²) in [6.45, 7) is 2.82. The SMILES string of the molecule is c1ccc(-c2ncc3c(n2)CCN(Cc2ccnc4ccccc24)C3)cc1. The highest BCUT2D eigenvalue weighted by atomic mass is 15.1. The molecule has 0 aliphatic carbocycles. The summed E-state index contributed by atoms with van der Waals surface area (Å²) in [5.74, 6) is 0.822. The van der Waals surface area contributed by atoms with Gasteiger partial charge in [0, 0.05) is 55.0 Å². The number of nitrogens with zero attached hydrogens (tertiary/aromatic N) is 4. The molecule has 2 aromatic carbocycles. The average Bonchev–Trinajstić information content (AvgIpc) is 2.74. The Labute approximate surface area is 158 Å². The summed E-state index contributed by atoms with van der Waals surface area (Å²) in [5, 5.41) is 1.24. The van der Waals surface area contributed by atoms with Crippen LogP contribution in [0.3, 0.4) is 0 Å². The molecule has 0 radical (unpaired) electrons. The van der Waals surface area contributed by atoms with Crippen molar-refractivity contribution in [3.05, 3.63) is 89.9 Å². The standard InChI is InChI=1S/C23H20N4/c1-2-6-17(7-3-1)23-25-14-19-16-27(13-11-21(19)26-23)15-18-10-12-24-22-9-5-4-8-20(18)22/h1-10,12,14H,11,13,15-16H2. The van der Waals surface area contributed by atoms with Crippen molar-refractivity contribution in [2.24, 2.45) is 0 Å². The maximum atomic E-state index is 4.83. The van der Waals surface area contributed by atoms with Crippen molar-refractivity contribution in [3.8, 4) is 11.4 Å². The number of fused-ring (bicyclic) bond motifs is 2. The zero-order chi connectivity index (χ0) is 18.1. The molecular formula is C23H20N4. The van der Waals surface area contributed by atoms with E-state index < -0.39 is 0 Å².